The Bertz CT molecular complexity index is 645. The predicted molar refractivity (Wildman–Crippen MR) is 72.1 cm³/mol. The van der Waals surface area contributed by atoms with Gasteiger partial charge in [-0.05, 0) is 27.7 Å². The van der Waals surface area contributed by atoms with E-state index in [4.69, 9.17) is 0 Å². The van der Waals surface area contributed by atoms with Gasteiger partial charge >= 0.3 is 0 Å². The molecule has 0 radical (unpaired) electrons. The molecule has 0 aliphatic rings. The summed E-state index contributed by atoms with van der Waals surface area (Å²) in [7, 11) is 1.85. The topological polar surface area (TPSA) is 72.7 Å². The first-order valence-corrected chi connectivity index (χ1v) is 6.02. The third kappa shape index (κ3) is 2.47. The van der Waals surface area contributed by atoms with Gasteiger partial charge in [-0.2, -0.15) is 5.10 Å². The van der Waals surface area contributed by atoms with Crippen LogP contribution in [-0.4, -0.2) is 25.7 Å². The Morgan fingerprint density at radius 3 is 2.42 bits per heavy atom. The van der Waals surface area contributed by atoms with Crippen molar-refractivity contribution in [2.45, 2.75) is 27.7 Å². The molecule has 2 aromatic heterocycles. The molecule has 19 heavy (non-hydrogen) atoms. The molecular formula is C13H17N5O. The summed E-state index contributed by atoms with van der Waals surface area (Å²) in [5, 5.41) is 7.14. The van der Waals surface area contributed by atoms with Crippen molar-refractivity contribution in [3.8, 4) is 0 Å². The monoisotopic (exact) mass is 259 g/mol. The van der Waals surface area contributed by atoms with Crippen LogP contribution in [0.25, 0.3) is 0 Å². The first-order valence-electron chi connectivity index (χ1n) is 6.02. The average Bonchev–Trinajstić information content (AvgIpc) is 2.56. The van der Waals surface area contributed by atoms with Gasteiger partial charge in [-0.15, -0.1) is 0 Å². The van der Waals surface area contributed by atoms with Gasteiger partial charge in [-0.1, -0.05) is 0 Å². The number of nitrogens with zero attached hydrogens (tertiary/aromatic N) is 4. The maximum absolute atomic E-state index is 12.2. The Morgan fingerprint density at radius 1 is 1.21 bits per heavy atom. The molecule has 2 aromatic rings. The summed E-state index contributed by atoms with van der Waals surface area (Å²) in [6.07, 6.45) is 1.55. The third-order valence-electron chi connectivity index (χ3n) is 3.09. The van der Waals surface area contributed by atoms with E-state index in [9.17, 15) is 4.79 Å². The summed E-state index contributed by atoms with van der Waals surface area (Å²) in [6, 6.07) is 0. The molecule has 0 aliphatic heterocycles. The molecule has 0 aliphatic carbocycles. The summed E-state index contributed by atoms with van der Waals surface area (Å²) in [4.78, 5) is 20.5. The third-order valence-corrected chi connectivity index (χ3v) is 3.09. The Hall–Kier alpha value is -2.24. The van der Waals surface area contributed by atoms with E-state index < -0.39 is 0 Å². The average molecular weight is 259 g/mol. The van der Waals surface area contributed by atoms with E-state index in [2.05, 4.69) is 20.4 Å². The molecule has 0 atom stereocenters. The van der Waals surface area contributed by atoms with Crippen molar-refractivity contribution < 1.29 is 4.79 Å². The van der Waals surface area contributed by atoms with Gasteiger partial charge in [0.25, 0.3) is 5.91 Å². The smallest absolute Gasteiger partial charge is 0.259 e. The molecule has 6 nitrogen and oxygen atoms in total. The number of aryl methyl sites for hydroxylation is 4. The second-order valence-corrected chi connectivity index (χ2v) is 4.54. The SMILES string of the molecule is Cc1ncc(C(=O)Nc2c(C)nn(C)c2C)c(C)n1. The maximum atomic E-state index is 12.2. The molecule has 0 saturated heterocycles. The van der Waals surface area contributed by atoms with Gasteiger partial charge in [-0.25, -0.2) is 9.97 Å². The molecule has 2 heterocycles. The molecule has 0 saturated carbocycles. The minimum atomic E-state index is -0.211. The van der Waals surface area contributed by atoms with Crippen molar-refractivity contribution in [3.63, 3.8) is 0 Å². The van der Waals surface area contributed by atoms with Gasteiger partial charge in [-0.3, -0.25) is 9.48 Å². The van der Waals surface area contributed by atoms with Crippen LogP contribution in [0, 0.1) is 27.7 Å². The maximum Gasteiger partial charge on any atom is 0.259 e. The van der Waals surface area contributed by atoms with Crippen LogP contribution in [0.5, 0.6) is 0 Å². The van der Waals surface area contributed by atoms with Crippen molar-refractivity contribution >= 4 is 11.6 Å². The lowest BCUT2D eigenvalue weighted by atomic mass is 10.2. The van der Waals surface area contributed by atoms with Crippen molar-refractivity contribution in [1.82, 2.24) is 19.7 Å². The Morgan fingerprint density at radius 2 is 1.89 bits per heavy atom. The van der Waals surface area contributed by atoms with Crippen molar-refractivity contribution in [3.05, 3.63) is 34.7 Å². The summed E-state index contributed by atoms with van der Waals surface area (Å²) in [5.41, 5.74) is 3.60. The van der Waals surface area contributed by atoms with Crippen LogP contribution in [0.4, 0.5) is 5.69 Å². The molecule has 0 bridgehead atoms. The zero-order valence-corrected chi connectivity index (χ0v) is 11.8. The number of hydrogen-bond donors (Lipinski definition) is 1. The zero-order chi connectivity index (χ0) is 14.2. The van der Waals surface area contributed by atoms with E-state index in [1.807, 2.05) is 20.9 Å². The molecule has 0 unspecified atom stereocenters. The highest BCUT2D eigenvalue weighted by Gasteiger charge is 2.16. The largest absolute Gasteiger partial charge is 0.319 e. The van der Waals surface area contributed by atoms with Crippen LogP contribution >= 0.6 is 0 Å². The number of carbonyl (C=O) groups is 1. The molecule has 1 N–H and O–H groups in total. The van der Waals surface area contributed by atoms with Crippen molar-refractivity contribution in [1.29, 1.82) is 0 Å². The first kappa shape index (κ1) is 13.2. The first-order chi connectivity index (χ1) is 8.90. The van der Waals surface area contributed by atoms with Crippen molar-refractivity contribution in [2.24, 2.45) is 7.05 Å². The van der Waals surface area contributed by atoms with Crippen LogP contribution < -0.4 is 5.32 Å². The second kappa shape index (κ2) is 4.79. The van der Waals surface area contributed by atoms with Gasteiger partial charge in [0.2, 0.25) is 0 Å². The van der Waals surface area contributed by atoms with Crippen LogP contribution in [0.2, 0.25) is 0 Å². The van der Waals surface area contributed by atoms with E-state index >= 15 is 0 Å². The van der Waals surface area contributed by atoms with Crippen LogP contribution in [0.15, 0.2) is 6.20 Å². The minimum absolute atomic E-state index is 0.211. The van der Waals surface area contributed by atoms with Gasteiger partial charge < -0.3 is 5.32 Å². The number of nitrogens with one attached hydrogen (secondary N) is 1. The highest BCUT2D eigenvalue weighted by Crippen LogP contribution is 2.19. The van der Waals surface area contributed by atoms with E-state index in [1.54, 1.807) is 24.7 Å². The highest BCUT2D eigenvalue weighted by molar-refractivity contribution is 6.05. The number of hydrogen-bond acceptors (Lipinski definition) is 4. The number of amides is 1. The van der Waals surface area contributed by atoms with Crippen LogP contribution in [-0.2, 0) is 7.05 Å². The van der Waals surface area contributed by atoms with E-state index in [1.165, 1.54) is 0 Å². The molecule has 1 amide bonds. The van der Waals surface area contributed by atoms with Gasteiger partial charge in [0.15, 0.2) is 0 Å². The quantitative estimate of drug-likeness (QED) is 0.890. The molecule has 2 rings (SSSR count). The molecule has 0 fully saturated rings. The fourth-order valence-electron chi connectivity index (χ4n) is 1.94. The zero-order valence-electron chi connectivity index (χ0n) is 11.8. The van der Waals surface area contributed by atoms with Gasteiger partial charge in [0.1, 0.15) is 5.82 Å². The Labute approximate surface area is 111 Å². The Balaban J connectivity index is 2.31. The second-order valence-electron chi connectivity index (χ2n) is 4.54. The number of rotatable bonds is 2. The Kier molecular flexibility index (Phi) is 3.33. The van der Waals surface area contributed by atoms with E-state index in [0.717, 1.165) is 17.1 Å². The standard InChI is InChI=1S/C13H17N5O/c1-7-11(6-14-10(4)15-7)13(19)16-12-8(2)17-18(5)9(12)3/h6H,1-5H3,(H,16,19). The van der Waals surface area contributed by atoms with Crippen molar-refractivity contribution in [2.75, 3.05) is 5.32 Å². The predicted octanol–water partition coefficient (Wildman–Crippen LogP) is 1.70. The van der Waals surface area contributed by atoms with Crippen LogP contribution in [0.3, 0.4) is 0 Å². The molecular weight excluding hydrogens is 242 g/mol. The van der Waals surface area contributed by atoms with Gasteiger partial charge in [0.05, 0.1) is 28.3 Å². The lowest BCUT2D eigenvalue weighted by Crippen LogP contribution is -2.16. The summed E-state index contributed by atoms with van der Waals surface area (Å²) < 4.78 is 1.74. The number of anilines is 1. The molecule has 0 aromatic carbocycles. The molecule has 100 valence electrons. The summed E-state index contributed by atoms with van der Waals surface area (Å²) in [6.45, 7) is 7.37. The number of aromatic nitrogens is 4. The molecule has 6 heteroatoms. The fourth-order valence-corrected chi connectivity index (χ4v) is 1.94. The van der Waals surface area contributed by atoms with Crippen LogP contribution in [0.1, 0.15) is 33.3 Å². The van der Waals surface area contributed by atoms with E-state index in [0.29, 0.717) is 17.1 Å². The van der Waals surface area contributed by atoms with E-state index in [-0.39, 0.29) is 5.91 Å². The fraction of sp³-hybridized carbons (Fsp3) is 0.385. The lowest BCUT2D eigenvalue weighted by Gasteiger charge is -2.07. The summed E-state index contributed by atoms with van der Waals surface area (Å²) in [5.74, 6) is 0.444. The lowest BCUT2D eigenvalue weighted by molar-refractivity contribution is 0.102. The number of carbonyl (C=O) groups excluding carboxylic acids is 1. The highest BCUT2D eigenvalue weighted by atomic mass is 16.1. The summed E-state index contributed by atoms with van der Waals surface area (Å²) >= 11 is 0. The van der Waals surface area contributed by atoms with Gasteiger partial charge in [0, 0.05) is 13.2 Å². The molecule has 0 spiro atoms. The minimum Gasteiger partial charge on any atom is -0.319 e. The normalized spacial score (nSPS) is 10.6.